The normalized spacial score (nSPS) is 26.5. The van der Waals surface area contributed by atoms with Crippen molar-refractivity contribution in [3.05, 3.63) is 29.8 Å². The van der Waals surface area contributed by atoms with Crippen LogP contribution in [0, 0.1) is 0 Å². The number of benzene rings is 1. The van der Waals surface area contributed by atoms with Gasteiger partial charge in [-0.25, -0.2) is 4.79 Å². The van der Waals surface area contributed by atoms with Crippen molar-refractivity contribution in [1.82, 2.24) is 10.2 Å². The molecule has 11 heteroatoms. The van der Waals surface area contributed by atoms with Gasteiger partial charge < -0.3 is 30.1 Å². The molecule has 3 rings (SSSR count). The largest absolute Gasteiger partial charge is 0.416 e. The molecule has 3 amide bonds. The van der Waals surface area contributed by atoms with Crippen molar-refractivity contribution in [2.24, 2.45) is 0 Å². The summed E-state index contributed by atoms with van der Waals surface area (Å²) in [5.74, 6) is -0.116. The van der Waals surface area contributed by atoms with Crippen LogP contribution in [0.25, 0.3) is 0 Å². The van der Waals surface area contributed by atoms with Gasteiger partial charge in [-0.3, -0.25) is 4.79 Å². The first kappa shape index (κ1) is 24.3. The van der Waals surface area contributed by atoms with Crippen molar-refractivity contribution >= 4 is 17.6 Å². The number of anilines is 1. The van der Waals surface area contributed by atoms with Gasteiger partial charge in [-0.05, 0) is 44.0 Å². The maximum Gasteiger partial charge on any atom is 0.416 e. The van der Waals surface area contributed by atoms with Crippen LogP contribution in [0.3, 0.4) is 0 Å². The molecule has 0 saturated carbocycles. The summed E-state index contributed by atoms with van der Waals surface area (Å²) in [6, 6.07) is 3.19. The van der Waals surface area contributed by atoms with Gasteiger partial charge in [0.2, 0.25) is 5.91 Å². The van der Waals surface area contributed by atoms with Gasteiger partial charge in [-0.15, -0.1) is 0 Å². The number of carbonyl (C=O) groups is 2. The van der Waals surface area contributed by atoms with Crippen LogP contribution in [0.15, 0.2) is 24.3 Å². The first-order valence-corrected chi connectivity index (χ1v) is 10.6. The maximum atomic E-state index is 13.0. The molecule has 2 aliphatic heterocycles. The summed E-state index contributed by atoms with van der Waals surface area (Å²) in [7, 11) is 0. The fraction of sp³-hybridized carbons (Fsp3) is 0.619. The fourth-order valence-electron chi connectivity index (χ4n) is 3.99. The average molecular weight is 459 g/mol. The number of aliphatic hydroxyl groups is 1. The van der Waals surface area contributed by atoms with Gasteiger partial charge >= 0.3 is 12.2 Å². The van der Waals surface area contributed by atoms with Crippen molar-refractivity contribution in [2.45, 2.75) is 56.7 Å². The van der Waals surface area contributed by atoms with Gasteiger partial charge in [-0.1, -0.05) is 0 Å². The zero-order valence-electron chi connectivity index (χ0n) is 17.7. The topological polar surface area (TPSA) is 100 Å². The Morgan fingerprint density at radius 1 is 1.19 bits per heavy atom. The van der Waals surface area contributed by atoms with E-state index in [4.69, 9.17) is 9.47 Å². The van der Waals surface area contributed by atoms with Gasteiger partial charge in [0.1, 0.15) is 6.10 Å². The quantitative estimate of drug-likeness (QED) is 0.642. The molecule has 2 aliphatic rings. The summed E-state index contributed by atoms with van der Waals surface area (Å²) >= 11 is 0. The number of hydrogen-bond donors (Lipinski definition) is 3. The Kier molecular flexibility index (Phi) is 7.96. The van der Waals surface area contributed by atoms with E-state index in [0.29, 0.717) is 19.4 Å². The molecule has 2 saturated heterocycles. The number of alkyl halides is 3. The molecule has 178 valence electrons. The smallest absolute Gasteiger partial charge is 0.389 e. The number of halogens is 3. The fourth-order valence-corrected chi connectivity index (χ4v) is 3.99. The molecule has 1 aromatic rings. The second-order valence-corrected chi connectivity index (χ2v) is 7.95. The van der Waals surface area contributed by atoms with Gasteiger partial charge in [0.25, 0.3) is 0 Å². The summed E-state index contributed by atoms with van der Waals surface area (Å²) in [6.07, 6.45) is -4.90. The van der Waals surface area contributed by atoms with Crippen LogP contribution in [0.4, 0.5) is 23.7 Å². The highest BCUT2D eigenvalue weighted by molar-refractivity contribution is 5.89. The van der Waals surface area contributed by atoms with Crippen LogP contribution < -0.4 is 10.6 Å². The second kappa shape index (κ2) is 10.5. The molecule has 4 atom stereocenters. The number of hydrogen-bond acceptors (Lipinski definition) is 5. The highest BCUT2D eigenvalue weighted by Crippen LogP contribution is 2.31. The molecule has 2 heterocycles. The lowest BCUT2D eigenvalue weighted by Gasteiger charge is -2.44. The lowest BCUT2D eigenvalue weighted by Crippen LogP contribution is -2.58. The number of fused-ring (bicyclic) bond motifs is 1. The van der Waals surface area contributed by atoms with Gasteiger partial charge in [0.15, 0.2) is 0 Å². The summed E-state index contributed by atoms with van der Waals surface area (Å²) < 4.78 is 49.8. The molecule has 0 unspecified atom stereocenters. The Bertz CT molecular complexity index is 790. The van der Waals surface area contributed by atoms with Crippen LogP contribution in [-0.2, 0) is 20.4 Å². The zero-order chi connectivity index (χ0) is 23.3. The van der Waals surface area contributed by atoms with E-state index >= 15 is 0 Å². The molecule has 0 radical (unpaired) electrons. The van der Waals surface area contributed by atoms with Crippen LogP contribution in [0.2, 0.25) is 0 Å². The minimum absolute atomic E-state index is 0.0115. The molecule has 1 aromatic carbocycles. The molecular formula is C21H28F3N3O5. The number of nitrogens with one attached hydrogen (secondary N) is 2. The van der Waals surface area contributed by atoms with Crippen molar-refractivity contribution in [2.75, 3.05) is 31.6 Å². The third-order valence-electron chi connectivity index (χ3n) is 5.49. The number of carbonyl (C=O) groups excluding carboxylic acids is 2. The van der Waals surface area contributed by atoms with E-state index in [1.807, 2.05) is 6.92 Å². The van der Waals surface area contributed by atoms with Gasteiger partial charge in [0.05, 0.1) is 50.0 Å². The standard InChI is InChI=1S/C21H28F3N3O5/c1-2-25-19(29)9-16-7-8-17-18(32-16)12-31-11-15(28)10-27(17)20(30)26-14-5-3-13(4-6-14)21(22,23)24/h3-6,15-18,28H,2,7-12H2,1H3,(H,25,29)(H,26,30)/t15-,16+,17+,18-/m0/s1. The molecule has 0 spiro atoms. The minimum atomic E-state index is -4.47. The minimum Gasteiger partial charge on any atom is -0.389 e. The van der Waals surface area contributed by atoms with Crippen molar-refractivity contribution < 1.29 is 37.3 Å². The van der Waals surface area contributed by atoms with Crippen LogP contribution in [-0.4, -0.2) is 72.6 Å². The number of urea groups is 1. The predicted molar refractivity (Wildman–Crippen MR) is 109 cm³/mol. The average Bonchev–Trinajstić information content (AvgIpc) is 2.71. The molecule has 2 fully saturated rings. The van der Waals surface area contributed by atoms with Gasteiger partial charge in [-0.2, -0.15) is 13.2 Å². The first-order valence-electron chi connectivity index (χ1n) is 10.6. The van der Waals surface area contributed by atoms with E-state index in [-0.39, 0.29) is 43.9 Å². The molecule has 0 bridgehead atoms. The molecule has 8 nitrogen and oxygen atoms in total. The van der Waals surface area contributed by atoms with E-state index in [1.165, 1.54) is 17.0 Å². The summed E-state index contributed by atoms with van der Waals surface area (Å²) in [6.45, 7) is 2.50. The highest BCUT2D eigenvalue weighted by Gasteiger charge is 2.40. The summed E-state index contributed by atoms with van der Waals surface area (Å²) in [4.78, 5) is 26.3. The van der Waals surface area contributed by atoms with Crippen molar-refractivity contribution in [3.8, 4) is 0 Å². The van der Waals surface area contributed by atoms with Crippen molar-refractivity contribution in [3.63, 3.8) is 0 Å². The molecule has 0 aliphatic carbocycles. The second-order valence-electron chi connectivity index (χ2n) is 7.95. The number of aliphatic hydroxyl groups excluding tert-OH is 1. The Morgan fingerprint density at radius 2 is 1.91 bits per heavy atom. The Morgan fingerprint density at radius 3 is 2.56 bits per heavy atom. The van der Waals surface area contributed by atoms with E-state index in [9.17, 15) is 27.9 Å². The third-order valence-corrected chi connectivity index (χ3v) is 5.49. The SMILES string of the molecule is CCNC(=O)C[C@H]1CC[C@@H]2[C@H](COC[C@@H](O)CN2C(=O)Nc2ccc(C(F)(F)F)cc2)O1. The van der Waals surface area contributed by atoms with E-state index in [1.54, 1.807) is 0 Å². The van der Waals surface area contributed by atoms with Crippen LogP contribution >= 0.6 is 0 Å². The Balaban J connectivity index is 1.69. The van der Waals surface area contributed by atoms with Crippen LogP contribution in [0.5, 0.6) is 0 Å². The number of β-amino-alcohol motifs (C(OH)–C–C–N with tert-alkyl or cyclic N) is 1. The molecule has 0 aromatic heterocycles. The summed E-state index contributed by atoms with van der Waals surface area (Å²) in [5, 5.41) is 15.5. The third kappa shape index (κ3) is 6.33. The van der Waals surface area contributed by atoms with Crippen LogP contribution in [0.1, 0.15) is 31.7 Å². The number of rotatable bonds is 4. The molecule has 3 N–H and O–H groups in total. The highest BCUT2D eigenvalue weighted by atomic mass is 19.4. The van der Waals surface area contributed by atoms with E-state index in [2.05, 4.69) is 10.6 Å². The number of ether oxygens (including phenoxy) is 2. The first-order chi connectivity index (χ1) is 15.2. The molecular weight excluding hydrogens is 431 g/mol. The molecule has 32 heavy (non-hydrogen) atoms. The zero-order valence-corrected chi connectivity index (χ0v) is 17.7. The predicted octanol–water partition coefficient (Wildman–Crippen LogP) is 2.37. The Labute approximate surface area is 184 Å². The number of nitrogens with zero attached hydrogens (tertiary/aromatic N) is 1. The lowest BCUT2D eigenvalue weighted by atomic mass is 9.95. The lowest BCUT2D eigenvalue weighted by molar-refractivity contribution is -0.149. The number of amides is 3. The maximum absolute atomic E-state index is 13.0. The summed E-state index contributed by atoms with van der Waals surface area (Å²) in [5.41, 5.74) is -0.605. The van der Waals surface area contributed by atoms with Crippen molar-refractivity contribution in [1.29, 1.82) is 0 Å². The van der Waals surface area contributed by atoms with E-state index in [0.717, 1.165) is 12.1 Å². The van der Waals surface area contributed by atoms with E-state index < -0.39 is 36.0 Å². The Hall–Kier alpha value is -2.37. The van der Waals surface area contributed by atoms with Gasteiger partial charge in [0, 0.05) is 12.2 Å². The monoisotopic (exact) mass is 459 g/mol.